The molecule has 1 atom stereocenters. The predicted molar refractivity (Wildman–Crippen MR) is 71.7 cm³/mol. The van der Waals surface area contributed by atoms with Gasteiger partial charge in [0.05, 0.1) is 13.7 Å². The zero-order chi connectivity index (χ0) is 13.7. The standard InChI is InChI=1S/C14H22N2O3/c1-18-14(17)13-5-4-12(19-13)10-16-8-2-3-11(9-16)6-7-15/h4-5,11H,2-3,6-10,15H2,1H3. The number of ether oxygens (including phenoxy) is 1. The fourth-order valence-electron chi connectivity index (χ4n) is 2.66. The Balaban J connectivity index is 1.89. The van der Waals surface area contributed by atoms with Gasteiger partial charge < -0.3 is 14.9 Å². The van der Waals surface area contributed by atoms with Crippen molar-refractivity contribution >= 4 is 5.97 Å². The maximum absolute atomic E-state index is 11.3. The van der Waals surface area contributed by atoms with Gasteiger partial charge in [0.1, 0.15) is 5.76 Å². The van der Waals surface area contributed by atoms with E-state index in [-0.39, 0.29) is 5.76 Å². The zero-order valence-corrected chi connectivity index (χ0v) is 11.4. The number of hydrogen-bond acceptors (Lipinski definition) is 5. The highest BCUT2D eigenvalue weighted by molar-refractivity contribution is 5.86. The van der Waals surface area contributed by atoms with E-state index >= 15 is 0 Å². The van der Waals surface area contributed by atoms with E-state index in [9.17, 15) is 4.79 Å². The monoisotopic (exact) mass is 266 g/mol. The van der Waals surface area contributed by atoms with Gasteiger partial charge in [-0.25, -0.2) is 4.79 Å². The van der Waals surface area contributed by atoms with Crippen LogP contribution in [0.15, 0.2) is 16.5 Å². The van der Waals surface area contributed by atoms with Crippen LogP contribution in [-0.2, 0) is 11.3 Å². The van der Waals surface area contributed by atoms with Gasteiger partial charge >= 0.3 is 5.97 Å². The lowest BCUT2D eigenvalue weighted by atomic mass is 9.95. The third kappa shape index (κ3) is 3.81. The number of hydrogen-bond donors (Lipinski definition) is 1. The van der Waals surface area contributed by atoms with E-state index in [0.717, 1.165) is 38.4 Å². The number of methoxy groups -OCH3 is 1. The molecule has 5 nitrogen and oxygen atoms in total. The summed E-state index contributed by atoms with van der Waals surface area (Å²) in [6.45, 7) is 3.64. The van der Waals surface area contributed by atoms with Crippen LogP contribution in [0, 0.1) is 5.92 Å². The molecule has 0 amide bonds. The first kappa shape index (κ1) is 14.1. The molecule has 106 valence electrons. The highest BCUT2D eigenvalue weighted by atomic mass is 16.5. The molecule has 0 radical (unpaired) electrons. The molecule has 5 heteroatoms. The molecule has 1 unspecified atom stereocenters. The molecular weight excluding hydrogens is 244 g/mol. The molecule has 1 aromatic rings. The number of furan rings is 1. The fourth-order valence-corrected chi connectivity index (χ4v) is 2.66. The number of nitrogens with zero attached hydrogens (tertiary/aromatic N) is 1. The van der Waals surface area contributed by atoms with Gasteiger partial charge in [-0.3, -0.25) is 4.90 Å². The maximum atomic E-state index is 11.3. The smallest absolute Gasteiger partial charge is 0.373 e. The Kier molecular flexibility index (Phi) is 4.99. The molecule has 1 aromatic heterocycles. The lowest BCUT2D eigenvalue weighted by molar-refractivity contribution is 0.0559. The van der Waals surface area contributed by atoms with Gasteiger partial charge in [-0.15, -0.1) is 0 Å². The van der Waals surface area contributed by atoms with E-state index in [1.807, 2.05) is 6.07 Å². The molecule has 2 heterocycles. The van der Waals surface area contributed by atoms with Crippen LogP contribution in [0.1, 0.15) is 35.6 Å². The number of carbonyl (C=O) groups excluding carboxylic acids is 1. The average molecular weight is 266 g/mol. The van der Waals surface area contributed by atoms with Crippen LogP contribution in [0.25, 0.3) is 0 Å². The van der Waals surface area contributed by atoms with Crippen molar-refractivity contribution in [3.05, 3.63) is 23.7 Å². The molecule has 1 aliphatic rings. The zero-order valence-electron chi connectivity index (χ0n) is 11.4. The summed E-state index contributed by atoms with van der Waals surface area (Å²) in [5, 5.41) is 0. The van der Waals surface area contributed by atoms with Gasteiger partial charge in [0.2, 0.25) is 5.76 Å². The summed E-state index contributed by atoms with van der Waals surface area (Å²) in [5.41, 5.74) is 5.62. The minimum atomic E-state index is -0.425. The summed E-state index contributed by atoms with van der Waals surface area (Å²) >= 11 is 0. The highest BCUT2D eigenvalue weighted by Crippen LogP contribution is 2.21. The van der Waals surface area contributed by atoms with Crippen molar-refractivity contribution in [3.63, 3.8) is 0 Å². The van der Waals surface area contributed by atoms with Crippen LogP contribution in [0.3, 0.4) is 0 Å². The van der Waals surface area contributed by atoms with Crippen molar-refractivity contribution < 1.29 is 13.9 Å². The number of rotatable bonds is 5. The minimum Gasteiger partial charge on any atom is -0.463 e. The van der Waals surface area contributed by atoms with E-state index in [4.69, 9.17) is 10.2 Å². The largest absolute Gasteiger partial charge is 0.463 e. The Morgan fingerprint density at radius 2 is 2.42 bits per heavy atom. The number of esters is 1. The Labute approximate surface area is 113 Å². The van der Waals surface area contributed by atoms with Gasteiger partial charge in [-0.2, -0.15) is 0 Å². The second-order valence-electron chi connectivity index (χ2n) is 5.08. The molecule has 1 saturated heterocycles. The van der Waals surface area contributed by atoms with Gasteiger partial charge in [0.15, 0.2) is 0 Å². The molecule has 2 N–H and O–H groups in total. The topological polar surface area (TPSA) is 68.7 Å². The lowest BCUT2D eigenvalue weighted by Gasteiger charge is -2.31. The van der Waals surface area contributed by atoms with E-state index in [1.165, 1.54) is 20.0 Å². The SMILES string of the molecule is COC(=O)c1ccc(CN2CCCC(CCN)C2)o1. The third-order valence-corrected chi connectivity index (χ3v) is 3.61. The molecule has 0 spiro atoms. The normalized spacial score (nSPS) is 20.4. The van der Waals surface area contributed by atoms with Crippen molar-refractivity contribution in [2.75, 3.05) is 26.7 Å². The molecule has 1 aliphatic heterocycles. The summed E-state index contributed by atoms with van der Waals surface area (Å²) in [4.78, 5) is 13.7. The first-order valence-electron chi connectivity index (χ1n) is 6.82. The highest BCUT2D eigenvalue weighted by Gasteiger charge is 2.20. The van der Waals surface area contributed by atoms with Crippen molar-refractivity contribution in [2.45, 2.75) is 25.8 Å². The summed E-state index contributed by atoms with van der Waals surface area (Å²) < 4.78 is 10.1. The Morgan fingerprint density at radius 3 is 3.16 bits per heavy atom. The van der Waals surface area contributed by atoms with Crippen LogP contribution < -0.4 is 5.73 Å². The second-order valence-corrected chi connectivity index (χ2v) is 5.08. The van der Waals surface area contributed by atoms with Crippen molar-refractivity contribution in [1.82, 2.24) is 4.90 Å². The van der Waals surface area contributed by atoms with Gasteiger partial charge in [0.25, 0.3) is 0 Å². The molecule has 2 rings (SSSR count). The van der Waals surface area contributed by atoms with Crippen LogP contribution in [0.4, 0.5) is 0 Å². The van der Waals surface area contributed by atoms with Gasteiger partial charge in [-0.1, -0.05) is 0 Å². The molecule has 0 bridgehead atoms. The maximum Gasteiger partial charge on any atom is 0.373 e. The molecule has 0 aromatic carbocycles. The molecular formula is C14H22N2O3. The van der Waals surface area contributed by atoms with E-state index < -0.39 is 5.97 Å². The van der Waals surface area contributed by atoms with Crippen LogP contribution in [0.5, 0.6) is 0 Å². The second kappa shape index (κ2) is 6.73. The van der Waals surface area contributed by atoms with Crippen molar-refractivity contribution in [2.24, 2.45) is 11.7 Å². The van der Waals surface area contributed by atoms with Crippen LogP contribution >= 0.6 is 0 Å². The third-order valence-electron chi connectivity index (χ3n) is 3.61. The molecule has 0 aliphatic carbocycles. The lowest BCUT2D eigenvalue weighted by Crippen LogP contribution is -2.35. The summed E-state index contributed by atoms with van der Waals surface area (Å²) in [5.74, 6) is 1.35. The first-order valence-corrected chi connectivity index (χ1v) is 6.82. The fraction of sp³-hybridized carbons (Fsp3) is 0.643. The summed E-state index contributed by atoms with van der Waals surface area (Å²) in [6.07, 6.45) is 3.55. The Bertz CT molecular complexity index is 415. The summed E-state index contributed by atoms with van der Waals surface area (Å²) in [6, 6.07) is 3.52. The number of piperidine rings is 1. The van der Waals surface area contributed by atoms with Crippen LogP contribution in [-0.4, -0.2) is 37.6 Å². The number of nitrogens with two attached hydrogens (primary N) is 1. The van der Waals surface area contributed by atoms with E-state index in [2.05, 4.69) is 9.64 Å². The summed E-state index contributed by atoms with van der Waals surface area (Å²) in [7, 11) is 1.35. The Hall–Kier alpha value is -1.33. The minimum absolute atomic E-state index is 0.271. The Morgan fingerprint density at radius 1 is 1.58 bits per heavy atom. The van der Waals surface area contributed by atoms with Crippen LogP contribution in [0.2, 0.25) is 0 Å². The number of carbonyl (C=O) groups is 1. The average Bonchev–Trinajstić information content (AvgIpc) is 2.87. The quantitative estimate of drug-likeness (QED) is 0.820. The molecule has 1 fully saturated rings. The van der Waals surface area contributed by atoms with Gasteiger partial charge in [-0.05, 0) is 50.4 Å². The predicted octanol–water partition coefficient (Wildman–Crippen LogP) is 1.63. The van der Waals surface area contributed by atoms with Gasteiger partial charge in [0, 0.05) is 6.54 Å². The van der Waals surface area contributed by atoms with E-state index in [0.29, 0.717) is 5.92 Å². The first-order chi connectivity index (χ1) is 9.22. The molecule has 19 heavy (non-hydrogen) atoms. The molecule has 0 saturated carbocycles. The van der Waals surface area contributed by atoms with Crippen molar-refractivity contribution in [3.8, 4) is 0 Å². The van der Waals surface area contributed by atoms with Crippen molar-refractivity contribution in [1.29, 1.82) is 0 Å². The number of likely N-dealkylation sites (tertiary alicyclic amines) is 1. The van der Waals surface area contributed by atoms with E-state index in [1.54, 1.807) is 6.07 Å².